The minimum atomic E-state index is -1.12. The van der Waals surface area contributed by atoms with Crippen LogP contribution in [0.4, 0.5) is 4.39 Å². The van der Waals surface area contributed by atoms with Gasteiger partial charge in [-0.3, -0.25) is 14.6 Å². The zero-order valence-electron chi connectivity index (χ0n) is 17.7. The summed E-state index contributed by atoms with van der Waals surface area (Å²) in [4.78, 5) is 31.3. The largest absolute Gasteiger partial charge is 0.507 e. The van der Waals surface area contributed by atoms with Crippen molar-refractivity contribution in [2.24, 2.45) is 0 Å². The summed E-state index contributed by atoms with van der Waals surface area (Å²) in [7, 11) is 0. The number of aliphatic hydroxyl groups excluding tert-OH is 1. The van der Waals surface area contributed by atoms with Crippen LogP contribution in [-0.4, -0.2) is 33.3 Å². The number of amides is 1. The molecular weight excluding hydrogens is 447 g/mol. The van der Waals surface area contributed by atoms with Crippen molar-refractivity contribution in [2.45, 2.75) is 19.5 Å². The van der Waals surface area contributed by atoms with E-state index in [9.17, 15) is 19.1 Å². The van der Waals surface area contributed by atoms with E-state index in [0.29, 0.717) is 22.9 Å². The summed E-state index contributed by atoms with van der Waals surface area (Å²) in [6, 6.07) is 12.7. The lowest BCUT2D eigenvalue weighted by Crippen LogP contribution is -2.29. The van der Waals surface area contributed by atoms with Crippen molar-refractivity contribution >= 4 is 29.1 Å². The summed E-state index contributed by atoms with van der Waals surface area (Å²) >= 11 is 6.14. The second-order valence-corrected chi connectivity index (χ2v) is 7.79. The lowest BCUT2D eigenvalue weighted by Gasteiger charge is -2.25. The summed E-state index contributed by atoms with van der Waals surface area (Å²) in [6.07, 6.45) is 3.13. The molecule has 3 aromatic rings. The quantitative estimate of drug-likeness (QED) is 0.318. The summed E-state index contributed by atoms with van der Waals surface area (Å²) in [5.41, 5.74) is 0.833. The highest BCUT2D eigenvalue weighted by Crippen LogP contribution is 2.41. The zero-order valence-corrected chi connectivity index (χ0v) is 18.4. The van der Waals surface area contributed by atoms with Gasteiger partial charge in [0.25, 0.3) is 11.7 Å². The zero-order chi connectivity index (χ0) is 23.5. The molecule has 1 amide bonds. The number of halogens is 2. The molecule has 1 N–H and O–H groups in total. The van der Waals surface area contributed by atoms with Crippen LogP contribution in [0.5, 0.6) is 5.75 Å². The summed E-state index contributed by atoms with van der Waals surface area (Å²) < 4.78 is 20.3. The highest BCUT2D eigenvalue weighted by atomic mass is 35.5. The third kappa shape index (κ3) is 4.32. The maximum Gasteiger partial charge on any atom is 0.295 e. The Hall–Kier alpha value is -3.71. The van der Waals surface area contributed by atoms with E-state index >= 15 is 0 Å². The van der Waals surface area contributed by atoms with Gasteiger partial charge in [0.05, 0.1) is 23.2 Å². The van der Waals surface area contributed by atoms with E-state index in [-0.39, 0.29) is 23.2 Å². The normalized spacial score (nSPS) is 17.4. The van der Waals surface area contributed by atoms with Crippen LogP contribution in [0.1, 0.15) is 29.7 Å². The molecule has 6 nitrogen and oxygen atoms in total. The molecule has 33 heavy (non-hydrogen) atoms. The van der Waals surface area contributed by atoms with Crippen LogP contribution in [0, 0.1) is 5.82 Å². The molecule has 1 atom stereocenters. The number of nitrogens with zero attached hydrogens (tertiary/aromatic N) is 2. The molecule has 0 saturated carbocycles. The van der Waals surface area contributed by atoms with Gasteiger partial charge >= 0.3 is 0 Å². The molecule has 0 radical (unpaired) electrons. The van der Waals surface area contributed by atoms with Crippen LogP contribution < -0.4 is 4.74 Å². The molecule has 0 spiro atoms. The molecule has 0 aliphatic carbocycles. The SMILES string of the molecule is CCOc1cc(/C(O)=C2\C(=O)C(=O)N(Cc3ccncc3)C2c2ccccc2F)ccc1Cl. The topological polar surface area (TPSA) is 79.7 Å². The Morgan fingerprint density at radius 1 is 1.15 bits per heavy atom. The van der Waals surface area contributed by atoms with Gasteiger partial charge in [-0.15, -0.1) is 0 Å². The van der Waals surface area contributed by atoms with Crippen LogP contribution in [0.3, 0.4) is 0 Å². The average Bonchev–Trinajstić information content (AvgIpc) is 3.06. The van der Waals surface area contributed by atoms with Crippen molar-refractivity contribution in [3.63, 3.8) is 0 Å². The number of hydrogen-bond donors (Lipinski definition) is 1. The number of aliphatic hydroxyl groups is 1. The molecule has 1 aromatic heterocycles. The maximum absolute atomic E-state index is 14.9. The number of rotatable bonds is 6. The van der Waals surface area contributed by atoms with E-state index in [0.717, 1.165) is 0 Å². The lowest BCUT2D eigenvalue weighted by molar-refractivity contribution is -0.140. The van der Waals surface area contributed by atoms with Crippen LogP contribution >= 0.6 is 11.6 Å². The van der Waals surface area contributed by atoms with Gasteiger partial charge in [0.15, 0.2) is 0 Å². The number of carbonyl (C=O) groups excluding carboxylic acids is 2. The van der Waals surface area contributed by atoms with E-state index in [1.807, 2.05) is 0 Å². The van der Waals surface area contributed by atoms with Gasteiger partial charge in [-0.05, 0) is 48.9 Å². The second kappa shape index (κ2) is 9.42. The minimum Gasteiger partial charge on any atom is -0.507 e. The van der Waals surface area contributed by atoms with Gasteiger partial charge in [0.1, 0.15) is 17.3 Å². The predicted octanol–water partition coefficient (Wildman–Crippen LogP) is 4.89. The lowest BCUT2D eigenvalue weighted by atomic mass is 9.94. The number of ether oxygens (including phenoxy) is 1. The second-order valence-electron chi connectivity index (χ2n) is 7.38. The van der Waals surface area contributed by atoms with Gasteiger partial charge < -0.3 is 14.7 Å². The molecule has 0 bridgehead atoms. The molecule has 1 saturated heterocycles. The van der Waals surface area contributed by atoms with E-state index < -0.39 is 29.3 Å². The minimum absolute atomic E-state index is 0.0354. The van der Waals surface area contributed by atoms with Gasteiger partial charge in [-0.25, -0.2) is 4.39 Å². The van der Waals surface area contributed by atoms with Crippen molar-refractivity contribution in [1.29, 1.82) is 0 Å². The fourth-order valence-electron chi connectivity index (χ4n) is 3.82. The number of carbonyl (C=O) groups is 2. The smallest absolute Gasteiger partial charge is 0.295 e. The molecule has 1 aliphatic heterocycles. The van der Waals surface area contributed by atoms with Crippen molar-refractivity contribution in [1.82, 2.24) is 9.88 Å². The Morgan fingerprint density at radius 2 is 1.88 bits per heavy atom. The molecule has 168 valence electrons. The van der Waals surface area contributed by atoms with Gasteiger partial charge in [0.2, 0.25) is 0 Å². The molecule has 1 unspecified atom stereocenters. The number of Topliss-reactive ketones (excluding diaryl/α,β-unsaturated/α-hetero) is 1. The van der Waals surface area contributed by atoms with Gasteiger partial charge in [-0.2, -0.15) is 0 Å². The molecule has 2 heterocycles. The number of likely N-dealkylation sites (tertiary alicyclic amines) is 1. The summed E-state index contributed by atoms with van der Waals surface area (Å²) in [5, 5.41) is 11.5. The van der Waals surface area contributed by atoms with Crippen LogP contribution in [-0.2, 0) is 16.1 Å². The fourth-order valence-corrected chi connectivity index (χ4v) is 3.99. The van der Waals surface area contributed by atoms with Crippen LogP contribution in [0.15, 0.2) is 72.6 Å². The Kier molecular flexibility index (Phi) is 6.42. The van der Waals surface area contributed by atoms with E-state index in [1.54, 1.807) is 37.5 Å². The third-order valence-corrected chi connectivity index (χ3v) is 5.66. The molecule has 2 aromatic carbocycles. The first-order valence-corrected chi connectivity index (χ1v) is 10.6. The van der Waals surface area contributed by atoms with Crippen molar-refractivity contribution in [2.75, 3.05) is 6.61 Å². The van der Waals surface area contributed by atoms with E-state index in [1.165, 1.54) is 41.3 Å². The molecule has 4 rings (SSSR count). The first kappa shape index (κ1) is 22.5. The standard InChI is InChI=1S/C25H20ClFN2O4/c1-2-33-20-13-16(7-8-18(20)26)23(30)21-22(17-5-3-4-6-19(17)27)29(25(32)24(21)31)14-15-9-11-28-12-10-15/h3-13,22,30H,2,14H2,1H3/b23-21+. The average molecular weight is 467 g/mol. The van der Waals surface area contributed by atoms with Crippen molar-refractivity contribution in [3.8, 4) is 5.75 Å². The Morgan fingerprint density at radius 3 is 2.58 bits per heavy atom. The molecular formula is C25H20ClFN2O4. The van der Waals surface area contributed by atoms with Gasteiger partial charge in [-0.1, -0.05) is 29.8 Å². The number of benzene rings is 2. The van der Waals surface area contributed by atoms with Crippen LogP contribution in [0.2, 0.25) is 5.02 Å². The van der Waals surface area contributed by atoms with E-state index in [2.05, 4.69) is 4.98 Å². The number of aromatic nitrogens is 1. The highest BCUT2D eigenvalue weighted by Gasteiger charge is 2.47. The van der Waals surface area contributed by atoms with Crippen LogP contribution in [0.25, 0.3) is 5.76 Å². The third-order valence-electron chi connectivity index (χ3n) is 5.35. The summed E-state index contributed by atoms with van der Waals surface area (Å²) in [5.74, 6) is -2.45. The first-order valence-electron chi connectivity index (χ1n) is 10.3. The number of ketones is 1. The van der Waals surface area contributed by atoms with E-state index in [4.69, 9.17) is 16.3 Å². The fraction of sp³-hybridized carbons (Fsp3) is 0.160. The molecule has 1 aliphatic rings. The maximum atomic E-state index is 14.9. The first-order chi connectivity index (χ1) is 15.9. The Balaban J connectivity index is 1.88. The monoisotopic (exact) mass is 466 g/mol. The van der Waals surface area contributed by atoms with Crippen molar-refractivity contribution in [3.05, 3.63) is 100 Å². The number of hydrogen-bond acceptors (Lipinski definition) is 5. The highest BCUT2D eigenvalue weighted by molar-refractivity contribution is 6.46. The summed E-state index contributed by atoms with van der Waals surface area (Å²) in [6.45, 7) is 2.16. The Labute approximate surface area is 194 Å². The van der Waals surface area contributed by atoms with Crippen molar-refractivity contribution < 1.29 is 23.8 Å². The predicted molar refractivity (Wildman–Crippen MR) is 121 cm³/mol. The molecule has 1 fully saturated rings. The van der Waals surface area contributed by atoms with Gasteiger partial charge in [0, 0.05) is 30.1 Å². The Bertz CT molecular complexity index is 1250. The number of pyridine rings is 1. The molecule has 8 heteroatoms.